The molecule has 0 aliphatic carbocycles. The van der Waals surface area contributed by atoms with Gasteiger partial charge in [0.05, 0.1) is 12.6 Å². The van der Waals surface area contributed by atoms with E-state index < -0.39 is 0 Å². The molecule has 2 atom stereocenters. The van der Waals surface area contributed by atoms with Gasteiger partial charge in [-0.2, -0.15) is 0 Å². The third kappa shape index (κ3) is 5.04. The number of hydrogen-bond donors (Lipinski definition) is 1. The summed E-state index contributed by atoms with van der Waals surface area (Å²) in [6, 6.07) is 0.810. The molecule has 0 aromatic heterocycles. The molecular formula is C13H26N2O3. The third-order valence-corrected chi connectivity index (χ3v) is 3.03. The van der Waals surface area contributed by atoms with Crippen molar-refractivity contribution < 1.29 is 14.3 Å². The van der Waals surface area contributed by atoms with Crippen LogP contribution in [-0.2, 0) is 14.3 Å². The Morgan fingerprint density at radius 3 is 2.56 bits per heavy atom. The van der Waals surface area contributed by atoms with Crippen LogP contribution >= 0.6 is 0 Å². The number of nitrogens with zero attached hydrogens (tertiary/aromatic N) is 1. The summed E-state index contributed by atoms with van der Waals surface area (Å²) in [6.07, 6.45) is 2.23. The van der Waals surface area contributed by atoms with Gasteiger partial charge in [-0.15, -0.1) is 0 Å². The standard InChI is InChI=1S/C8H14N2O.C3H6O2.C2H6/c1-6-2-3-7-8(11)9-4-5-10(6)7;1-2-5-3-4;1-2/h6-7H,2-5H2,1H3,(H,9,11);3H,2H2,1H3;1-2H3. The minimum atomic E-state index is 0.193. The first kappa shape index (κ1) is 16.9. The van der Waals surface area contributed by atoms with Crippen LogP contribution in [0.4, 0.5) is 0 Å². The second kappa shape index (κ2) is 9.88. The van der Waals surface area contributed by atoms with Gasteiger partial charge in [-0.05, 0) is 26.7 Å². The van der Waals surface area contributed by atoms with Crippen LogP contribution in [0.2, 0.25) is 0 Å². The molecule has 1 N–H and O–H groups in total. The van der Waals surface area contributed by atoms with Crippen LogP contribution in [0.15, 0.2) is 0 Å². The van der Waals surface area contributed by atoms with E-state index in [1.165, 1.54) is 6.42 Å². The Bertz CT molecular complexity index is 246. The van der Waals surface area contributed by atoms with Crippen molar-refractivity contribution >= 4 is 12.4 Å². The smallest absolute Gasteiger partial charge is 0.293 e. The molecule has 2 aliphatic heterocycles. The molecule has 2 unspecified atom stereocenters. The maximum absolute atomic E-state index is 11.3. The normalized spacial score (nSPS) is 25.7. The molecule has 2 saturated heterocycles. The number of rotatable bonds is 2. The lowest BCUT2D eigenvalue weighted by atomic mass is 10.2. The van der Waals surface area contributed by atoms with Gasteiger partial charge < -0.3 is 10.1 Å². The van der Waals surface area contributed by atoms with Crippen LogP contribution in [0.5, 0.6) is 0 Å². The highest BCUT2D eigenvalue weighted by atomic mass is 16.5. The van der Waals surface area contributed by atoms with E-state index in [0.29, 0.717) is 19.1 Å². The molecule has 0 saturated carbocycles. The van der Waals surface area contributed by atoms with Crippen molar-refractivity contribution in [2.45, 2.75) is 52.6 Å². The topological polar surface area (TPSA) is 58.6 Å². The monoisotopic (exact) mass is 258 g/mol. The van der Waals surface area contributed by atoms with Crippen molar-refractivity contribution in [1.29, 1.82) is 0 Å². The Labute approximate surface area is 110 Å². The number of amides is 1. The molecule has 0 bridgehead atoms. The highest BCUT2D eigenvalue weighted by molar-refractivity contribution is 5.82. The van der Waals surface area contributed by atoms with E-state index >= 15 is 0 Å². The first-order chi connectivity index (χ1) is 8.70. The van der Waals surface area contributed by atoms with Crippen molar-refractivity contribution in [3.05, 3.63) is 0 Å². The lowest BCUT2D eigenvalue weighted by molar-refractivity contribution is -0.129. The predicted molar refractivity (Wildman–Crippen MR) is 71.2 cm³/mol. The van der Waals surface area contributed by atoms with Crippen molar-refractivity contribution in [1.82, 2.24) is 10.2 Å². The van der Waals surface area contributed by atoms with Gasteiger partial charge in [0.1, 0.15) is 0 Å². The molecule has 2 rings (SSSR count). The van der Waals surface area contributed by atoms with Gasteiger partial charge in [-0.3, -0.25) is 14.5 Å². The summed E-state index contributed by atoms with van der Waals surface area (Å²) in [5, 5.41) is 2.89. The zero-order valence-corrected chi connectivity index (χ0v) is 11.9. The number of fused-ring (bicyclic) bond motifs is 1. The summed E-state index contributed by atoms with van der Waals surface area (Å²) >= 11 is 0. The first-order valence-electron chi connectivity index (χ1n) is 6.79. The molecule has 2 aliphatic rings. The lowest BCUT2D eigenvalue weighted by Crippen LogP contribution is -2.53. The van der Waals surface area contributed by atoms with Crippen LogP contribution in [0.3, 0.4) is 0 Å². The summed E-state index contributed by atoms with van der Waals surface area (Å²) < 4.78 is 4.15. The second-order valence-corrected chi connectivity index (χ2v) is 4.02. The molecule has 5 heteroatoms. The van der Waals surface area contributed by atoms with E-state index in [1.54, 1.807) is 6.92 Å². The zero-order chi connectivity index (χ0) is 14.0. The van der Waals surface area contributed by atoms with Crippen LogP contribution < -0.4 is 5.32 Å². The fourth-order valence-electron chi connectivity index (χ4n) is 2.19. The Morgan fingerprint density at radius 2 is 2.11 bits per heavy atom. The largest absolute Gasteiger partial charge is 0.468 e. The third-order valence-electron chi connectivity index (χ3n) is 3.03. The van der Waals surface area contributed by atoms with Gasteiger partial charge in [0.15, 0.2) is 0 Å². The molecule has 0 spiro atoms. The number of hydrogen-bond acceptors (Lipinski definition) is 4. The van der Waals surface area contributed by atoms with Gasteiger partial charge in [-0.1, -0.05) is 13.8 Å². The summed E-state index contributed by atoms with van der Waals surface area (Å²) in [5.41, 5.74) is 0. The fraction of sp³-hybridized carbons (Fsp3) is 0.846. The minimum Gasteiger partial charge on any atom is -0.468 e. The van der Waals surface area contributed by atoms with Crippen molar-refractivity contribution in [2.75, 3.05) is 19.7 Å². The molecule has 0 radical (unpaired) electrons. The van der Waals surface area contributed by atoms with E-state index in [0.717, 1.165) is 19.5 Å². The molecule has 2 heterocycles. The SMILES string of the molecule is CC.CC1CCC2C(=O)NCCN12.CCOC=O. The van der Waals surface area contributed by atoms with Gasteiger partial charge in [0.2, 0.25) is 5.91 Å². The lowest BCUT2D eigenvalue weighted by Gasteiger charge is -2.31. The van der Waals surface area contributed by atoms with Crippen LogP contribution in [0.25, 0.3) is 0 Å². The van der Waals surface area contributed by atoms with E-state index in [-0.39, 0.29) is 11.9 Å². The number of carbonyl (C=O) groups excluding carboxylic acids is 2. The summed E-state index contributed by atoms with van der Waals surface area (Å²) in [4.78, 5) is 22.8. The van der Waals surface area contributed by atoms with E-state index in [1.807, 2.05) is 13.8 Å². The zero-order valence-electron chi connectivity index (χ0n) is 11.9. The number of piperazine rings is 1. The van der Waals surface area contributed by atoms with Gasteiger partial charge in [0.25, 0.3) is 6.47 Å². The Kier molecular flexibility index (Phi) is 9.28. The van der Waals surface area contributed by atoms with Gasteiger partial charge in [-0.25, -0.2) is 0 Å². The Morgan fingerprint density at radius 1 is 1.44 bits per heavy atom. The molecular weight excluding hydrogens is 232 g/mol. The average Bonchev–Trinajstić information content (AvgIpc) is 2.77. The number of nitrogens with one attached hydrogen (secondary N) is 1. The van der Waals surface area contributed by atoms with Crippen molar-refractivity contribution in [2.24, 2.45) is 0 Å². The predicted octanol–water partition coefficient (Wildman–Crippen LogP) is 1.17. The number of carbonyl (C=O) groups is 2. The molecule has 2 fully saturated rings. The number of ether oxygens (including phenoxy) is 1. The van der Waals surface area contributed by atoms with Gasteiger partial charge in [0, 0.05) is 19.1 Å². The maximum atomic E-state index is 11.3. The highest BCUT2D eigenvalue weighted by Crippen LogP contribution is 2.24. The minimum absolute atomic E-state index is 0.193. The average molecular weight is 258 g/mol. The first-order valence-corrected chi connectivity index (χ1v) is 6.79. The van der Waals surface area contributed by atoms with E-state index in [2.05, 4.69) is 21.9 Å². The maximum Gasteiger partial charge on any atom is 0.293 e. The van der Waals surface area contributed by atoms with Crippen molar-refractivity contribution in [3.8, 4) is 0 Å². The second-order valence-electron chi connectivity index (χ2n) is 4.02. The van der Waals surface area contributed by atoms with Crippen LogP contribution in [0.1, 0.15) is 40.5 Å². The summed E-state index contributed by atoms with van der Waals surface area (Å²) in [5.74, 6) is 0.237. The summed E-state index contributed by atoms with van der Waals surface area (Å²) in [6.45, 7) is 10.7. The fourth-order valence-corrected chi connectivity index (χ4v) is 2.19. The van der Waals surface area contributed by atoms with Gasteiger partial charge >= 0.3 is 0 Å². The van der Waals surface area contributed by atoms with Crippen LogP contribution in [-0.4, -0.2) is 49.1 Å². The Hall–Kier alpha value is -1.10. The quantitative estimate of drug-likeness (QED) is 0.756. The molecule has 0 aromatic carbocycles. The molecule has 106 valence electrons. The molecule has 1 amide bonds. The van der Waals surface area contributed by atoms with E-state index in [4.69, 9.17) is 0 Å². The van der Waals surface area contributed by atoms with Crippen LogP contribution in [0, 0.1) is 0 Å². The highest BCUT2D eigenvalue weighted by Gasteiger charge is 2.37. The summed E-state index contributed by atoms with van der Waals surface area (Å²) in [7, 11) is 0. The van der Waals surface area contributed by atoms with E-state index in [9.17, 15) is 9.59 Å². The van der Waals surface area contributed by atoms with Crippen molar-refractivity contribution in [3.63, 3.8) is 0 Å². The molecule has 5 nitrogen and oxygen atoms in total. The Balaban J connectivity index is 0.000000354. The molecule has 18 heavy (non-hydrogen) atoms. The molecule has 0 aromatic rings.